The molecule has 15 heavy (non-hydrogen) atoms. The van der Waals surface area contributed by atoms with E-state index in [0.717, 1.165) is 24.5 Å². The van der Waals surface area contributed by atoms with Crippen LogP contribution in [0.2, 0.25) is 0 Å². The second-order valence-corrected chi connectivity index (χ2v) is 4.42. The lowest BCUT2D eigenvalue weighted by Crippen LogP contribution is -2.11. The van der Waals surface area contributed by atoms with Crippen molar-refractivity contribution < 1.29 is 5.11 Å². The number of aromatic nitrogens is 2. The number of hydrogen-bond donors (Lipinski definition) is 1. The van der Waals surface area contributed by atoms with Gasteiger partial charge in [-0.3, -0.25) is 9.97 Å². The summed E-state index contributed by atoms with van der Waals surface area (Å²) in [5.74, 6) is 1.17. The molecular weight excluding hydrogens is 188 g/mol. The first-order chi connectivity index (χ1) is 7.31. The van der Waals surface area contributed by atoms with E-state index in [1.807, 2.05) is 0 Å². The fraction of sp³-hybridized carbons (Fsp3) is 0.667. The van der Waals surface area contributed by atoms with E-state index < -0.39 is 6.10 Å². The Morgan fingerprint density at radius 3 is 2.93 bits per heavy atom. The maximum Gasteiger partial charge on any atom is 0.100 e. The lowest BCUT2D eigenvalue weighted by Gasteiger charge is -2.17. The summed E-state index contributed by atoms with van der Waals surface area (Å²) in [6.07, 6.45) is 9.26. The molecule has 3 unspecified atom stereocenters. The second kappa shape index (κ2) is 4.71. The summed E-state index contributed by atoms with van der Waals surface area (Å²) >= 11 is 0. The summed E-state index contributed by atoms with van der Waals surface area (Å²) in [5, 5.41) is 10.1. The van der Waals surface area contributed by atoms with Crippen molar-refractivity contribution in [2.24, 2.45) is 11.8 Å². The van der Waals surface area contributed by atoms with Crippen molar-refractivity contribution in [2.45, 2.75) is 38.7 Å². The van der Waals surface area contributed by atoms with Crippen LogP contribution in [-0.4, -0.2) is 15.1 Å². The zero-order chi connectivity index (χ0) is 10.7. The van der Waals surface area contributed by atoms with Gasteiger partial charge in [0.25, 0.3) is 0 Å². The quantitative estimate of drug-likeness (QED) is 0.825. The van der Waals surface area contributed by atoms with Crippen LogP contribution in [-0.2, 0) is 0 Å². The SMILES string of the molecule is CCC1CCC(C(O)c2cnccn2)C1. The molecule has 0 spiro atoms. The summed E-state index contributed by atoms with van der Waals surface area (Å²) in [6, 6.07) is 0. The van der Waals surface area contributed by atoms with Crippen LogP contribution < -0.4 is 0 Å². The van der Waals surface area contributed by atoms with Gasteiger partial charge in [0, 0.05) is 12.4 Å². The fourth-order valence-electron chi connectivity index (χ4n) is 2.48. The first kappa shape index (κ1) is 10.6. The molecule has 1 aliphatic rings. The van der Waals surface area contributed by atoms with Gasteiger partial charge in [-0.15, -0.1) is 0 Å². The number of hydrogen-bond acceptors (Lipinski definition) is 3. The molecule has 3 heteroatoms. The molecule has 0 radical (unpaired) electrons. The summed E-state index contributed by atoms with van der Waals surface area (Å²) in [7, 11) is 0. The zero-order valence-electron chi connectivity index (χ0n) is 9.13. The minimum Gasteiger partial charge on any atom is -0.386 e. The van der Waals surface area contributed by atoms with Gasteiger partial charge in [-0.05, 0) is 24.7 Å². The molecule has 0 aliphatic heterocycles. The van der Waals surface area contributed by atoms with Gasteiger partial charge in [-0.1, -0.05) is 19.8 Å². The topological polar surface area (TPSA) is 46.0 Å². The number of nitrogens with zero attached hydrogens (tertiary/aromatic N) is 2. The van der Waals surface area contributed by atoms with E-state index in [0.29, 0.717) is 5.92 Å². The van der Waals surface area contributed by atoms with Crippen LogP contribution in [0.5, 0.6) is 0 Å². The molecule has 1 fully saturated rings. The third-order valence-electron chi connectivity index (χ3n) is 3.49. The standard InChI is InChI=1S/C12H18N2O/c1-2-9-3-4-10(7-9)12(15)11-8-13-5-6-14-11/h5-6,8-10,12,15H,2-4,7H2,1H3. The van der Waals surface area contributed by atoms with Crippen molar-refractivity contribution in [3.8, 4) is 0 Å². The molecule has 0 saturated heterocycles. The number of rotatable bonds is 3. The highest BCUT2D eigenvalue weighted by atomic mass is 16.3. The Bertz CT molecular complexity index is 302. The Hall–Kier alpha value is -0.960. The van der Waals surface area contributed by atoms with Gasteiger partial charge in [0.2, 0.25) is 0 Å². The first-order valence-corrected chi connectivity index (χ1v) is 5.75. The Labute approximate surface area is 90.6 Å². The third kappa shape index (κ3) is 2.34. The van der Waals surface area contributed by atoms with Gasteiger partial charge in [-0.25, -0.2) is 0 Å². The van der Waals surface area contributed by atoms with Crippen molar-refractivity contribution in [3.63, 3.8) is 0 Å². The van der Waals surface area contributed by atoms with Gasteiger partial charge in [0.15, 0.2) is 0 Å². The lowest BCUT2D eigenvalue weighted by atomic mass is 9.96. The summed E-state index contributed by atoms with van der Waals surface area (Å²) in [6.45, 7) is 2.22. The zero-order valence-corrected chi connectivity index (χ0v) is 9.13. The first-order valence-electron chi connectivity index (χ1n) is 5.75. The van der Waals surface area contributed by atoms with E-state index in [-0.39, 0.29) is 0 Å². The summed E-state index contributed by atoms with van der Waals surface area (Å²) in [4.78, 5) is 8.16. The van der Waals surface area contributed by atoms with Gasteiger partial charge >= 0.3 is 0 Å². The van der Waals surface area contributed by atoms with E-state index >= 15 is 0 Å². The van der Waals surface area contributed by atoms with Gasteiger partial charge in [0.05, 0.1) is 11.9 Å². The third-order valence-corrected chi connectivity index (χ3v) is 3.49. The summed E-state index contributed by atoms with van der Waals surface area (Å²) in [5.41, 5.74) is 0.722. The van der Waals surface area contributed by atoms with Crippen molar-refractivity contribution in [3.05, 3.63) is 24.3 Å². The Morgan fingerprint density at radius 1 is 1.47 bits per heavy atom. The highest BCUT2D eigenvalue weighted by Crippen LogP contribution is 2.39. The van der Waals surface area contributed by atoms with Crippen LogP contribution in [0.25, 0.3) is 0 Å². The van der Waals surface area contributed by atoms with Gasteiger partial charge in [0.1, 0.15) is 6.10 Å². The predicted octanol–water partition coefficient (Wildman–Crippen LogP) is 2.34. The van der Waals surface area contributed by atoms with Crippen LogP contribution >= 0.6 is 0 Å². The Balaban J connectivity index is 2.00. The van der Waals surface area contributed by atoms with Crippen LogP contribution in [0.1, 0.15) is 44.4 Å². The van der Waals surface area contributed by atoms with E-state index in [4.69, 9.17) is 0 Å². The Morgan fingerprint density at radius 2 is 2.33 bits per heavy atom. The normalized spacial score (nSPS) is 27.9. The smallest absolute Gasteiger partial charge is 0.100 e. The molecule has 2 rings (SSSR count). The van der Waals surface area contributed by atoms with Crippen molar-refractivity contribution >= 4 is 0 Å². The van der Waals surface area contributed by atoms with Gasteiger partial charge in [-0.2, -0.15) is 0 Å². The van der Waals surface area contributed by atoms with E-state index in [2.05, 4.69) is 16.9 Å². The molecule has 3 nitrogen and oxygen atoms in total. The van der Waals surface area contributed by atoms with Crippen LogP contribution in [0.3, 0.4) is 0 Å². The molecule has 0 bridgehead atoms. The molecule has 1 saturated carbocycles. The maximum atomic E-state index is 10.1. The minimum absolute atomic E-state index is 0.381. The predicted molar refractivity (Wildman–Crippen MR) is 58.1 cm³/mol. The average Bonchev–Trinajstić information content (AvgIpc) is 2.78. The molecule has 1 aromatic heterocycles. The molecule has 1 heterocycles. The van der Waals surface area contributed by atoms with Crippen molar-refractivity contribution in [1.82, 2.24) is 9.97 Å². The monoisotopic (exact) mass is 206 g/mol. The molecular formula is C12H18N2O. The highest BCUT2D eigenvalue weighted by molar-refractivity contribution is 5.02. The van der Waals surface area contributed by atoms with E-state index in [1.54, 1.807) is 18.6 Å². The van der Waals surface area contributed by atoms with Crippen molar-refractivity contribution in [2.75, 3.05) is 0 Å². The number of aliphatic hydroxyl groups is 1. The van der Waals surface area contributed by atoms with E-state index in [1.165, 1.54) is 12.8 Å². The highest BCUT2D eigenvalue weighted by Gasteiger charge is 2.30. The molecule has 1 aromatic rings. The van der Waals surface area contributed by atoms with Gasteiger partial charge < -0.3 is 5.11 Å². The fourth-order valence-corrected chi connectivity index (χ4v) is 2.48. The second-order valence-electron chi connectivity index (χ2n) is 4.42. The molecule has 3 atom stereocenters. The molecule has 0 amide bonds. The largest absolute Gasteiger partial charge is 0.386 e. The molecule has 0 aromatic carbocycles. The molecule has 82 valence electrons. The summed E-state index contributed by atoms with van der Waals surface area (Å²) < 4.78 is 0. The molecule has 1 aliphatic carbocycles. The Kier molecular flexibility index (Phi) is 3.31. The van der Waals surface area contributed by atoms with Crippen LogP contribution in [0.15, 0.2) is 18.6 Å². The lowest BCUT2D eigenvalue weighted by molar-refractivity contribution is 0.104. The number of aliphatic hydroxyl groups excluding tert-OH is 1. The molecule has 1 N–H and O–H groups in total. The average molecular weight is 206 g/mol. The van der Waals surface area contributed by atoms with E-state index in [9.17, 15) is 5.11 Å². The van der Waals surface area contributed by atoms with Crippen LogP contribution in [0.4, 0.5) is 0 Å². The minimum atomic E-state index is -0.421. The van der Waals surface area contributed by atoms with Crippen molar-refractivity contribution in [1.29, 1.82) is 0 Å². The maximum absolute atomic E-state index is 10.1. The van der Waals surface area contributed by atoms with Crippen LogP contribution in [0, 0.1) is 11.8 Å².